The van der Waals surface area contributed by atoms with Crippen LogP contribution in [0, 0.1) is 12.7 Å². The van der Waals surface area contributed by atoms with Crippen LogP contribution in [0.25, 0.3) is 0 Å². The molecule has 0 saturated carbocycles. The van der Waals surface area contributed by atoms with Gasteiger partial charge < -0.3 is 9.64 Å². The molecule has 4 nitrogen and oxygen atoms in total. The van der Waals surface area contributed by atoms with E-state index in [0.717, 1.165) is 12.1 Å². The number of carbonyl (C=O) groups is 1. The van der Waals surface area contributed by atoms with Gasteiger partial charge in [-0.25, -0.2) is 9.38 Å². The molecule has 0 fully saturated rings. The molecule has 0 amide bonds. The smallest absolute Gasteiger partial charge is 0.200 e. The second-order valence-electron chi connectivity index (χ2n) is 5.60. The Bertz CT molecular complexity index is 776. The fourth-order valence-corrected chi connectivity index (χ4v) is 2.28. The highest BCUT2D eigenvalue weighted by atomic mass is 35.5. The highest BCUT2D eigenvalue weighted by Gasteiger charge is 2.13. The lowest BCUT2D eigenvalue weighted by atomic mass is 10.0. The number of hydrogen-bond acceptors (Lipinski definition) is 3. The molecule has 0 aliphatic carbocycles. The Labute approximate surface area is 151 Å². The van der Waals surface area contributed by atoms with Crippen LogP contribution in [-0.2, 0) is 0 Å². The third-order valence-electron chi connectivity index (χ3n) is 3.67. The number of ether oxygens (including phenoxy) is 1. The molecule has 2 aromatic rings. The molecule has 0 aliphatic heterocycles. The van der Waals surface area contributed by atoms with Crippen LogP contribution in [0.4, 0.5) is 10.1 Å². The van der Waals surface area contributed by atoms with Crippen molar-refractivity contribution in [3.05, 3.63) is 58.4 Å². The van der Waals surface area contributed by atoms with E-state index in [4.69, 9.17) is 16.3 Å². The fraction of sp³-hybridized carbons (Fsp3) is 0.263. The topological polar surface area (TPSA) is 41.9 Å². The SMILES string of the molecule is CCN(C)C=Nc1cc(C)c(C(=O)COc2ccc(F)cc2)cc1Cl. The van der Waals surface area contributed by atoms with Crippen LogP contribution in [0.1, 0.15) is 22.8 Å². The summed E-state index contributed by atoms with van der Waals surface area (Å²) in [5.41, 5.74) is 1.86. The van der Waals surface area contributed by atoms with Gasteiger partial charge in [-0.15, -0.1) is 0 Å². The largest absolute Gasteiger partial charge is 0.485 e. The van der Waals surface area contributed by atoms with Crippen LogP contribution in [0.3, 0.4) is 0 Å². The minimum Gasteiger partial charge on any atom is -0.485 e. The number of aliphatic imine (C=N–C) groups is 1. The summed E-state index contributed by atoms with van der Waals surface area (Å²) in [7, 11) is 1.91. The summed E-state index contributed by atoms with van der Waals surface area (Å²) in [4.78, 5) is 18.6. The molecular weight excluding hydrogens is 343 g/mol. The summed E-state index contributed by atoms with van der Waals surface area (Å²) < 4.78 is 18.3. The van der Waals surface area contributed by atoms with Gasteiger partial charge in [0.05, 0.1) is 17.0 Å². The number of ketones is 1. The summed E-state index contributed by atoms with van der Waals surface area (Å²) in [5, 5.41) is 0.400. The normalized spacial score (nSPS) is 10.9. The number of carbonyl (C=O) groups excluding carboxylic acids is 1. The van der Waals surface area contributed by atoms with Gasteiger partial charge in [0, 0.05) is 19.2 Å². The molecular formula is C19H20ClFN2O2. The molecule has 6 heteroatoms. The van der Waals surface area contributed by atoms with Crippen LogP contribution >= 0.6 is 11.6 Å². The molecule has 0 bridgehead atoms. The number of rotatable bonds is 7. The second-order valence-corrected chi connectivity index (χ2v) is 6.01. The predicted octanol–water partition coefficient (Wildman–Crippen LogP) is 4.66. The Morgan fingerprint density at radius 2 is 2.00 bits per heavy atom. The first-order valence-corrected chi connectivity index (χ1v) is 8.24. The van der Waals surface area contributed by atoms with E-state index < -0.39 is 0 Å². The first-order valence-electron chi connectivity index (χ1n) is 7.87. The maximum Gasteiger partial charge on any atom is 0.200 e. The Hall–Kier alpha value is -2.40. The molecule has 0 heterocycles. The summed E-state index contributed by atoms with van der Waals surface area (Å²) in [5.74, 6) is -0.126. The lowest BCUT2D eigenvalue weighted by Gasteiger charge is -2.11. The zero-order chi connectivity index (χ0) is 18.4. The van der Waals surface area contributed by atoms with E-state index in [0.29, 0.717) is 22.0 Å². The molecule has 0 atom stereocenters. The Balaban J connectivity index is 2.10. The Kier molecular flexibility index (Phi) is 6.53. The number of halogens is 2. The fourth-order valence-electron chi connectivity index (χ4n) is 2.07. The lowest BCUT2D eigenvalue weighted by Crippen LogP contribution is -2.14. The van der Waals surface area contributed by atoms with E-state index in [2.05, 4.69) is 4.99 Å². The van der Waals surface area contributed by atoms with Gasteiger partial charge >= 0.3 is 0 Å². The number of nitrogens with zero attached hydrogens (tertiary/aromatic N) is 2. The van der Waals surface area contributed by atoms with Crippen molar-refractivity contribution in [1.82, 2.24) is 4.90 Å². The van der Waals surface area contributed by atoms with Crippen molar-refractivity contribution >= 4 is 29.4 Å². The first kappa shape index (κ1) is 18.9. The monoisotopic (exact) mass is 362 g/mol. The molecule has 2 rings (SSSR count). The van der Waals surface area contributed by atoms with Gasteiger partial charge in [0.1, 0.15) is 11.6 Å². The average molecular weight is 363 g/mol. The molecule has 132 valence electrons. The van der Waals surface area contributed by atoms with Crippen molar-refractivity contribution in [1.29, 1.82) is 0 Å². The van der Waals surface area contributed by atoms with Gasteiger partial charge in [-0.3, -0.25) is 4.79 Å². The standard InChI is InChI=1S/C19H20ClFN2O2/c1-4-23(3)12-22-18-9-13(2)16(10-17(18)20)19(24)11-25-15-7-5-14(21)6-8-15/h5-10,12H,4,11H2,1-3H3. The van der Waals surface area contributed by atoms with Crippen LogP contribution in [0.5, 0.6) is 5.75 Å². The quantitative estimate of drug-likeness (QED) is 0.408. The number of benzene rings is 2. The van der Waals surface area contributed by atoms with E-state index in [1.54, 1.807) is 18.5 Å². The minimum atomic E-state index is -0.355. The van der Waals surface area contributed by atoms with E-state index in [1.807, 2.05) is 25.8 Å². The van der Waals surface area contributed by atoms with Crippen molar-refractivity contribution in [2.24, 2.45) is 4.99 Å². The molecule has 0 aliphatic rings. The molecule has 0 N–H and O–H groups in total. The lowest BCUT2D eigenvalue weighted by molar-refractivity contribution is 0.0921. The van der Waals surface area contributed by atoms with Crippen molar-refractivity contribution in [2.45, 2.75) is 13.8 Å². The maximum atomic E-state index is 12.9. The molecule has 25 heavy (non-hydrogen) atoms. The zero-order valence-corrected chi connectivity index (χ0v) is 15.2. The summed E-state index contributed by atoms with van der Waals surface area (Å²) in [6.07, 6.45) is 1.69. The molecule has 0 aromatic heterocycles. The van der Waals surface area contributed by atoms with Gasteiger partial charge in [0.25, 0.3) is 0 Å². The number of aryl methyl sites for hydroxylation is 1. The van der Waals surface area contributed by atoms with Crippen LogP contribution in [-0.4, -0.2) is 37.2 Å². The second kappa shape index (κ2) is 8.62. The van der Waals surface area contributed by atoms with Crippen molar-refractivity contribution in [3.63, 3.8) is 0 Å². The van der Waals surface area contributed by atoms with Crippen molar-refractivity contribution in [2.75, 3.05) is 20.2 Å². The first-order chi connectivity index (χ1) is 11.9. The van der Waals surface area contributed by atoms with Crippen LogP contribution in [0.15, 0.2) is 41.4 Å². The van der Waals surface area contributed by atoms with Crippen molar-refractivity contribution < 1.29 is 13.9 Å². The molecule has 0 unspecified atom stereocenters. The van der Waals surface area contributed by atoms with Crippen LogP contribution < -0.4 is 4.74 Å². The average Bonchev–Trinajstić information content (AvgIpc) is 2.61. The number of Topliss-reactive ketones (excluding diaryl/α,β-unsaturated/α-hetero) is 1. The third-order valence-corrected chi connectivity index (χ3v) is 3.97. The summed E-state index contributed by atoms with van der Waals surface area (Å²) >= 11 is 6.24. The van der Waals surface area contributed by atoms with Gasteiger partial charge in [-0.1, -0.05) is 11.6 Å². The van der Waals surface area contributed by atoms with Gasteiger partial charge in [-0.05, 0) is 55.8 Å². The maximum absolute atomic E-state index is 12.9. The third kappa shape index (κ3) is 5.29. The molecule has 0 spiro atoms. The number of hydrogen-bond donors (Lipinski definition) is 0. The van der Waals surface area contributed by atoms with E-state index in [9.17, 15) is 9.18 Å². The van der Waals surface area contributed by atoms with Gasteiger partial charge in [0.2, 0.25) is 5.78 Å². The zero-order valence-electron chi connectivity index (χ0n) is 14.4. The van der Waals surface area contributed by atoms with E-state index in [1.165, 1.54) is 24.3 Å². The Morgan fingerprint density at radius 1 is 1.32 bits per heavy atom. The van der Waals surface area contributed by atoms with Gasteiger partial charge in [0.15, 0.2) is 6.61 Å². The molecule has 0 radical (unpaired) electrons. The Morgan fingerprint density at radius 3 is 2.64 bits per heavy atom. The predicted molar refractivity (Wildman–Crippen MR) is 98.9 cm³/mol. The molecule has 2 aromatic carbocycles. The highest BCUT2D eigenvalue weighted by Crippen LogP contribution is 2.28. The van der Waals surface area contributed by atoms with Gasteiger partial charge in [-0.2, -0.15) is 0 Å². The van der Waals surface area contributed by atoms with E-state index >= 15 is 0 Å². The minimum absolute atomic E-state index is 0.149. The molecule has 0 saturated heterocycles. The van der Waals surface area contributed by atoms with Crippen LogP contribution in [0.2, 0.25) is 5.02 Å². The summed E-state index contributed by atoms with van der Waals surface area (Å²) in [6.45, 7) is 4.52. The van der Waals surface area contributed by atoms with E-state index in [-0.39, 0.29) is 18.2 Å². The van der Waals surface area contributed by atoms with Crippen molar-refractivity contribution in [3.8, 4) is 5.75 Å². The summed E-state index contributed by atoms with van der Waals surface area (Å²) in [6, 6.07) is 8.89. The highest BCUT2D eigenvalue weighted by molar-refractivity contribution is 6.33.